The quantitative estimate of drug-likeness (QED) is 0.917. The Balaban J connectivity index is 1.62. The number of nitrogens with one attached hydrogen (secondary N) is 1. The molecule has 2 atom stereocenters. The lowest BCUT2D eigenvalue weighted by atomic mass is 10.1. The van der Waals surface area contributed by atoms with Crippen LogP contribution in [0.2, 0.25) is 0 Å². The number of benzene rings is 1. The van der Waals surface area contributed by atoms with Crippen molar-refractivity contribution >= 4 is 6.03 Å². The molecule has 2 fully saturated rings. The molecule has 1 N–H and O–H groups in total. The minimum atomic E-state index is -0.403. The van der Waals surface area contributed by atoms with Crippen molar-refractivity contribution in [3.8, 4) is 6.07 Å². The Morgan fingerprint density at radius 2 is 2.12 bits per heavy atom. The normalized spacial score (nSPS) is 23.4. The summed E-state index contributed by atoms with van der Waals surface area (Å²) in [6.45, 7) is 5.98. The van der Waals surface area contributed by atoms with Crippen LogP contribution in [-0.2, 0) is 6.54 Å². The van der Waals surface area contributed by atoms with Gasteiger partial charge in [-0.15, -0.1) is 0 Å². The smallest absolute Gasteiger partial charge is 0.317 e. The number of urea groups is 1. The van der Waals surface area contributed by atoms with E-state index in [0.717, 1.165) is 25.9 Å². The number of halogens is 1. The molecule has 2 saturated heterocycles. The van der Waals surface area contributed by atoms with E-state index < -0.39 is 5.82 Å². The molecule has 1 aromatic carbocycles. The highest BCUT2D eigenvalue weighted by Crippen LogP contribution is 2.31. The average Bonchev–Trinajstić information content (AvgIpc) is 2.88. The van der Waals surface area contributed by atoms with Crippen molar-refractivity contribution in [1.29, 1.82) is 5.26 Å². The molecule has 2 unspecified atom stereocenters. The van der Waals surface area contributed by atoms with Gasteiger partial charge in [0.05, 0.1) is 11.6 Å². The summed E-state index contributed by atoms with van der Waals surface area (Å²) in [4.78, 5) is 16.9. The molecule has 25 heavy (non-hydrogen) atoms. The third-order valence-electron chi connectivity index (χ3n) is 5.33. The second kappa shape index (κ2) is 7.40. The SMILES string of the molecule is CC(C)N1C2CCC1CN(C(=O)NCc1cc(C#N)ccc1F)CC2. The third kappa shape index (κ3) is 3.77. The van der Waals surface area contributed by atoms with Gasteiger partial charge in [0.1, 0.15) is 5.82 Å². The number of hydrogen-bond acceptors (Lipinski definition) is 3. The van der Waals surface area contributed by atoms with E-state index in [1.165, 1.54) is 24.6 Å². The molecule has 2 amide bonds. The zero-order valence-electron chi connectivity index (χ0n) is 14.8. The summed E-state index contributed by atoms with van der Waals surface area (Å²) >= 11 is 0. The van der Waals surface area contributed by atoms with Crippen molar-refractivity contribution in [3.63, 3.8) is 0 Å². The molecule has 3 rings (SSSR count). The van der Waals surface area contributed by atoms with E-state index >= 15 is 0 Å². The lowest BCUT2D eigenvalue weighted by Gasteiger charge is -2.32. The van der Waals surface area contributed by atoms with Gasteiger partial charge in [0, 0.05) is 43.3 Å². The van der Waals surface area contributed by atoms with E-state index in [4.69, 9.17) is 5.26 Å². The first-order valence-electron chi connectivity index (χ1n) is 8.98. The maximum atomic E-state index is 13.8. The standard InChI is InChI=1S/C19H25FN4O/c1-13(2)24-16-4-5-17(24)12-23(8-7-16)19(25)22-11-15-9-14(10-21)3-6-18(15)20/h3,6,9,13,16-17H,4-5,7-8,11-12H2,1-2H3,(H,22,25). The third-order valence-corrected chi connectivity index (χ3v) is 5.33. The van der Waals surface area contributed by atoms with Gasteiger partial charge in [-0.05, 0) is 51.3 Å². The van der Waals surface area contributed by atoms with Crippen LogP contribution in [0, 0.1) is 17.1 Å². The number of likely N-dealkylation sites (tertiary alicyclic amines) is 1. The topological polar surface area (TPSA) is 59.4 Å². The van der Waals surface area contributed by atoms with E-state index in [9.17, 15) is 9.18 Å². The number of carbonyl (C=O) groups is 1. The van der Waals surface area contributed by atoms with Crippen LogP contribution in [-0.4, -0.2) is 47.0 Å². The second-order valence-electron chi connectivity index (χ2n) is 7.24. The summed E-state index contributed by atoms with van der Waals surface area (Å²) in [5, 5.41) is 11.7. The maximum absolute atomic E-state index is 13.8. The van der Waals surface area contributed by atoms with Gasteiger partial charge in [-0.25, -0.2) is 9.18 Å². The molecular weight excluding hydrogens is 319 g/mol. The van der Waals surface area contributed by atoms with Gasteiger partial charge in [-0.2, -0.15) is 5.26 Å². The summed E-state index contributed by atoms with van der Waals surface area (Å²) in [6, 6.07) is 7.50. The van der Waals surface area contributed by atoms with Crippen molar-refractivity contribution in [2.45, 2.75) is 57.8 Å². The predicted molar refractivity (Wildman–Crippen MR) is 93.3 cm³/mol. The molecule has 0 spiro atoms. The molecule has 0 radical (unpaired) electrons. The molecular formula is C19H25FN4O. The molecule has 0 saturated carbocycles. The van der Waals surface area contributed by atoms with Crippen LogP contribution in [0.5, 0.6) is 0 Å². The highest BCUT2D eigenvalue weighted by Gasteiger charge is 2.39. The molecule has 6 heteroatoms. The lowest BCUT2D eigenvalue weighted by Crippen LogP contribution is -2.46. The van der Waals surface area contributed by atoms with Crippen LogP contribution in [0.1, 0.15) is 44.2 Å². The fourth-order valence-corrected chi connectivity index (χ4v) is 4.20. The molecule has 2 heterocycles. The lowest BCUT2D eigenvalue weighted by molar-refractivity contribution is 0.147. The van der Waals surface area contributed by atoms with E-state index in [1.807, 2.05) is 11.0 Å². The van der Waals surface area contributed by atoms with Crippen molar-refractivity contribution in [1.82, 2.24) is 15.1 Å². The largest absolute Gasteiger partial charge is 0.334 e. The summed E-state index contributed by atoms with van der Waals surface area (Å²) < 4.78 is 13.8. The first kappa shape index (κ1) is 17.7. The number of nitriles is 1. The molecule has 134 valence electrons. The summed E-state index contributed by atoms with van der Waals surface area (Å²) in [5.41, 5.74) is 0.734. The van der Waals surface area contributed by atoms with Crippen LogP contribution >= 0.6 is 0 Å². The molecule has 2 aliphatic heterocycles. The Kier molecular flexibility index (Phi) is 5.24. The molecule has 2 aliphatic rings. The number of nitrogens with zero attached hydrogens (tertiary/aromatic N) is 3. The number of hydrogen-bond donors (Lipinski definition) is 1. The minimum Gasteiger partial charge on any atom is -0.334 e. The molecule has 1 aromatic rings. The van der Waals surface area contributed by atoms with Crippen molar-refractivity contribution < 1.29 is 9.18 Å². The highest BCUT2D eigenvalue weighted by atomic mass is 19.1. The first-order valence-corrected chi connectivity index (χ1v) is 8.98. The van der Waals surface area contributed by atoms with E-state index in [2.05, 4.69) is 24.1 Å². The fourth-order valence-electron chi connectivity index (χ4n) is 4.20. The average molecular weight is 344 g/mol. The van der Waals surface area contributed by atoms with Crippen molar-refractivity contribution in [2.75, 3.05) is 13.1 Å². The summed E-state index contributed by atoms with van der Waals surface area (Å²) in [6.07, 6.45) is 3.33. The monoisotopic (exact) mass is 344 g/mol. The van der Waals surface area contributed by atoms with Crippen LogP contribution in [0.25, 0.3) is 0 Å². The maximum Gasteiger partial charge on any atom is 0.317 e. The Labute approximate surface area is 148 Å². The fraction of sp³-hybridized carbons (Fsp3) is 0.579. The molecule has 0 aliphatic carbocycles. The van der Waals surface area contributed by atoms with E-state index in [0.29, 0.717) is 29.3 Å². The van der Waals surface area contributed by atoms with Crippen molar-refractivity contribution in [3.05, 3.63) is 35.1 Å². The predicted octanol–water partition coefficient (Wildman–Crippen LogP) is 2.85. The minimum absolute atomic E-state index is 0.0959. The van der Waals surface area contributed by atoms with Gasteiger partial charge in [0.15, 0.2) is 0 Å². The van der Waals surface area contributed by atoms with Gasteiger partial charge >= 0.3 is 6.03 Å². The van der Waals surface area contributed by atoms with Gasteiger partial charge in [0.25, 0.3) is 0 Å². The van der Waals surface area contributed by atoms with Crippen LogP contribution < -0.4 is 5.32 Å². The first-order chi connectivity index (χ1) is 12.0. The van der Waals surface area contributed by atoms with Gasteiger partial charge in [-0.3, -0.25) is 4.90 Å². The number of carbonyl (C=O) groups excluding carboxylic acids is 1. The molecule has 2 bridgehead atoms. The Morgan fingerprint density at radius 1 is 1.36 bits per heavy atom. The van der Waals surface area contributed by atoms with Crippen LogP contribution in [0.3, 0.4) is 0 Å². The zero-order valence-corrected chi connectivity index (χ0v) is 14.8. The van der Waals surface area contributed by atoms with E-state index in [1.54, 1.807) is 0 Å². The van der Waals surface area contributed by atoms with Crippen LogP contribution in [0.15, 0.2) is 18.2 Å². The Morgan fingerprint density at radius 3 is 2.84 bits per heavy atom. The second-order valence-corrected chi connectivity index (χ2v) is 7.24. The zero-order chi connectivity index (χ0) is 18.0. The molecule has 0 aromatic heterocycles. The summed E-state index contributed by atoms with van der Waals surface area (Å²) in [5.74, 6) is -0.403. The molecule has 5 nitrogen and oxygen atoms in total. The summed E-state index contributed by atoms with van der Waals surface area (Å²) in [7, 11) is 0. The van der Waals surface area contributed by atoms with Crippen LogP contribution in [0.4, 0.5) is 9.18 Å². The number of amides is 2. The van der Waals surface area contributed by atoms with E-state index in [-0.39, 0.29) is 12.6 Å². The van der Waals surface area contributed by atoms with Gasteiger partial charge in [-0.1, -0.05) is 0 Å². The Bertz CT molecular complexity index is 684. The van der Waals surface area contributed by atoms with Crippen molar-refractivity contribution in [2.24, 2.45) is 0 Å². The van der Waals surface area contributed by atoms with Gasteiger partial charge in [0.2, 0.25) is 0 Å². The highest BCUT2D eigenvalue weighted by molar-refractivity contribution is 5.74. The number of rotatable bonds is 3. The van der Waals surface area contributed by atoms with Gasteiger partial charge < -0.3 is 10.2 Å². The Hall–Kier alpha value is -2.13. The number of fused-ring (bicyclic) bond motifs is 2.